The van der Waals surface area contributed by atoms with Crippen LogP contribution in [0.2, 0.25) is 5.02 Å². The first-order valence-corrected chi connectivity index (χ1v) is 10.4. The Balaban J connectivity index is 1.43. The topological polar surface area (TPSA) is 94.9 Å². The zero-order valence-electron chi connectivity index (χ0n) is 15.7. The van der Waals surface area contributed by atoms with Gasteiger partial charge >= 0.3 is 0 Å². The van der Waals surface area contributed by atoms with Crippen molar-refractivity contribution >= 4 is 45.0 Å². The molecule has 30 heavy (non-hydrogen) atoms. The molecule has 1 aliphatic rings. The van der Waals surface area contributed by atoms with Crippen LogP contribution < -0.4 is 10.6 Å². The van der Waals surface area contributed by atoms with Crippen LogP contribution >= 0.6 is 22.9 Å². The molecule has 152 valence electrons. The minimum Gasteiger partial charge on any atom is -0.347 e. The number of thiazole rings is 1. The SMILES string of the molecule is N#CC1(NC(=O)CNC(=O)Cc2nc3cc(Cl)c(-c4cccc(F)c4)cc3s2)CC1. The number of halogens is 2. The summed E-state index contributed by atoms with van der Waals surface area (Å²) in [6.07, 6.45) is 1.28. The van der Waals surface area contributed by atoms with Crippen LogP contribution in [0, 0.1) is 17.1 Å². The van der Waals surface area contributed by atoms with Crippen molar-refractivity contribution in [3.05, 3.63) is 52.2 Å². The molecule has 1 fully saturated rings. The zero-order valence-corrected chi connectivity index (χ0v) is 17.2. The molecular weight excluding hydrogens is 427 g/mol. The monoisotopic (exact) mass is 442 g/mol. The van der Waals surface area contributed by atoms with E-state index in [4.69, 9.17) is 16.9 Å². The van der Waals surface area contributed by atoms with Crippen molar-refractivity contribution in [3.63, 3.8) is 0 Å². The molecule has 0 unspecified atom stereocenters. The van der Waals surface area contributed by atoms with E-state index in [1.165, 1.54) is 23.5 Å². The molecule has 1 aromatic heterocycles. The summed E-state index contributed by atoms with van der Waals surface area (Å²) >= 11 is 7.69. The lowest BCUT2D eigenvalue weighted by atomic mass is 10.1. The number of benzene rings is 2. The molecule has 1 heterocycles. The summed E-state index contributed by atoms with van der Waals surface area (Å²) in [5.41, 5.74) is 1.24. The molecule has 2 amide bonds. The number of carbonyl (C=O) groups excluding carboxylic acids is 2. The van der Waals surface area contributed by atoms with Gasteiger partial charge in [0.1, 0.15) is 16.4 Å². The van der Waals surface area contributed by atoms with Crippen molar-refractivity contribution in [2.45, 2.75) is 24.8 Å². The first-order chi connectivity index (χ1) is 14.4. The van der Waals surface area contributed by atoms with Gasteiger partial charge in [0, 0.05) is 5.56 Å². The third-order valence-corrected chi connectivity index (χ3v) is 6.09. The maximum atomic E-state index is 13.5. The van der Waals surface area contributed by atoms with Crippen LogP contribution in [0.1, 0.15) is 17.8 Å². The van der Waals surface area contributed by atoms with E-state index in [9.17, 15) is 14.0 Å². The molecule has 9 heteroatoms. The Morgan fingerprint density at radius 1 is 1.27 bits per heavy atom. The molecule has 0 spiro atoms. The Kier molecular flexibility index (Phi) is 5.41. The van der Waals surface area contributed by atoms with Crippen molar-refractivity contribution < 1.29 is 14.0 Å². The molecule has 6 nitrogen and oxygen atoms in total. The van der Waals surface area contributed by atoms with Gasteiger partial charge < -0.3 is 10.6 Å². The first-order valence-electron chi connectivity index (χ1n) is 9.21. The fraction of sp³-hybridized carbons (Fsp3) is 0.238. The molecule has 0 bridgehead atoms. The molecule has 4 rings (SSSR count). The number of aromatic nitrogens is 1. The molecule has 1 saturated carbocycles. The average Bonchev–Trinajstić information content (AvgIpc) is 3.37. The fourth-order valence-electron chi connectivity index (χ4n) is 3.03. The number of nitriles is 1. The number of carbonyl (C=O) groups is 2. The lowest BCUT2D eigenvalue weighted by molar-refractivity contribution is -0.126. The molecule has 0 aliphatic heterocycles. The minimum atomic E-state index is -0.756. The van der Waals surface area contributed by atoms with E-state index >= 15 is 0 Å². The second-order valence-electron chi connectivity index (χ2n) is 7.11. The van der Waals surface area contributed by atoms with E-state index in [1.54, 1.807) is 18.2 Å². The Morgan fingerprint density at radius 3 is 2.77 bits per heavy atom. The van der Waals surface area contributed by atoms with Crippen LogP contribution in [-0.2, 0) is 16.0 Å². The summed E-state index contributed by atoms with van der Waals surface area (Å²) in [4.78, 5) is 28.5. The number of amides is 2. The lowest BCUT2D eigenvalue weighted by Crippen LogP contribution is -2.43. The van der Waals surface area contributed by atoms with Crippen LogP contribution in [0.3, 0.4) is 0 Å². The van der Waals surface area contributed by atoms with E-state index in [-0.39, 0.29) is 24.7 Å². The predicted molar refractivity (Wildman–Crippen MR) is 112 cm³/mol. The highest BCUT2D eigenvalue weighted by Crippen LogP contribution is 2.35. The third-order valence-electron chi connectivity index (χ3n) is 4.76. The number of fused-ring (bicyclic) bond motifs is 1. The van der Waals surface area contributed by atoms with Gasteiger partial charge in [-0.05, 0) is 42.7 Å². The molecule has 0 atom stereocenters. The Labute approximate surface area is 180 Å². The zero-order chi connectivity index (χ0) is 21.3. The average molecular weight is 443 g/mol. The van der Waals surface area contributed by atoms with Crippen LogP contribution in [0.25, 0.3) is 21.3 Å². The van der Waals surface area contributed by atoms with Crippen molar-refractivity contribution in [3.8, 4) is 17.2 Å². The van der Waals surface area contributed by atoms with Crippen molar-refractivity contribution in [1.29, 1.82) is 5.26 Å². The van der Waals surface area contributed by atoms with Crippen molar-refractivity contribution in [2.24, 2.45) is 0 Å². The van der Waals surface area contributed by atoms with Gasteiger partial charge in [0.15, 0.2) is 0 Å². The summed E-state index contributed by atoms with van der Waals surface area (Å²) in [5, 5.41) is 15.2. The molecule has 2 N–H and O–H groups in total. The predicted octanol–water partition coefficient (Wildman–Crippen LogP) is 3.59. The van der Waals surface area contributed by atoms with Crippen LogP contribution in [0.15, 0.2) is 36.4 Å². The standard InChI is InChI=1S/C21H16ClFN4O2S/c22-15-8-16-17(7-14(15)12-2-1-3-13(23)6-12)30-20(26-16)9-18(28)25-10-19(29)27-21(11-24)4-5-21/h1-3,6-8H,4-5,9-10H2,(H,25,28)(H,27,29). The van der Waals surface area contributed by atoms with Crippen molar-refractivity contribution in [2.75, 3.05) is 6.54 Å². The quantitative estimate of drug-likeness (QED) is 0.610. The second kappa shape index (κ2) is 8.01. The highest BCUT2D eigenvalue weighted by molar-refractivity contribution is 7.18. The van der Waals surface area contributed by atoms with Crippen molar-refractivity contribution in [1.82, 2.24) is 15.6 Å². The Hall–Kier alpha value is -3.02. The smallest absolute Gasteiger partial charge is 0.240 e. The first kappa shape index (κ1) is 20.3. The van der Waals surface area contributed by atoms with Gasteiger partial charge in [0.2, 0.25) is 11.8 Å². The van der Waals surface area contributed by atoms with Crippen LogP contribution in [0.5, 0.6) is 0 Å². The van der Waals surface area contributed by atoms with Gasteiger partial charge in [-0.2, -0.15) is 5.26 Å². The van der Waals surface area contributed by atoms with Gasteiger partial charge in [-0.25, -0.2) is 9.37 Å². The molecule has 1 aliphatic carbocycles. The highest BCUT2D eigenvalue weighted by Gasteiger charge is 2.44. The molecule has 0 saturated heterocycles. The number of nitrogens with zero attached hydrogens (tertiary/aromatic N) is 2. The molecular formula is C21H16ClFN4O2S. The maximum Gasteiger partial charge on any atom is 0.240 e. The molecule has 0 radical (unpaired) electrons. The van der Waals surface area contributed by atoms with E-state index in [1.807, 2.05) is 6.07 Å². The second-order valence-corrected chi connectivity index (χ2v) is 8.64. The van der Waals surface area contributed by atoms with Gasteiger partial charge in [-0.1, -0.05) is 23.7 Å². The minimum absolute atomic E-state index is 0.0168. The van der Waals surface area contributed by atoms with E-state index in [0.717, 1.165) is 4.70 Å². The van der Waals surface area contributed by atoms with E-state index in [2.05, 4.69) is 21.7 Å². The number of hydrogen-bond donors (Lipinski definition) is 2. The number of rotatable bonds is 6. The third kappa shape index (κ3) is 4.42. The van der Waals surface area contributed by atoms with Crippen LogP contribution in [-0.4, -0.2) is 28.9 Å². The van der Waals surface area contributed by atoms with Gasteiger partial charge in [0.25, 0.3) is 0 Å². The summed E-state index contributed by atoms with van der Waals surface area (Å²) in [7, 11) is 0. The van der Waals surface area contributed by atoms with E-state index < -0.39 is 11.4 Å². The normalized spacial score (nSPS) is 14.2. The molecule has 2 aromatic carbocycles. The largest absolute Gasteiger partial charge is 0.347 e. The number of nitrogens with one attached hydrogen (secondary N) is 2. The summed E-state index contributed by atoms with van der Waals surface area (Å²) in [6, 6.07) is 11.8. The summed E-state index contributed by atoms with van der Waals surface area (Å²) in [6.45, 7) is -0.192. The van der Waals surface area contributed by atoms with Gasteiger partial charge in [-0.15, -0.1) is 11.3 Å². The Morgan fingerprint density at radius 2 is 2.07 bits per heavy atom. The summed E-state index contributed by atoms with van der Waals surface area (Å²) < 4.78 is 14.4. The lowest BCUT2D eigenvalue weighted by Gasteiger charge is -2.09. The highest BCUT2D eigenvalue weighted by atomic mass is 35.5. The van der Waals surface area contributed by atoms with Crippen LogP contribution in [0.4, 0.5) is 4.39 Å². The van der Waals surface area contributed by atoms with Gasteiger partial charge in [0.05, 0.1) is 34.3 Å². The number of hydrogen-bond acceptors (Lipinski definition) is 5. The Bertz CT molecular complexity index is 1200. The van der Waals surface area contributed by atoms with Gasteiger partial charge in [-0.3, -0.25) is 9.59 Å². The fourth-order valence-corrected chi connectivity index (χ4v) is 4.28. The van der Waals surface area contributed by atoms with E-state index in [0.29, 0.717) is 39.5 Å². The summed E-state index contributed by atoms with van der Waals surface area (Å²) in [5.74, 6) is -1.09. The molecule has 3 aromatic rings. The maximum absolute atomic E-state index is 13.5.